The van der Waals surface area contributed by atoms with Gasteiger partial charge in [-0.2, -0.15) is 0 Å². The van der Waals surface area contributed by atoms with E-state index in [4.69, 9.17) is 9.72 Å². The standard InChI is InChI=1S/C20H24N4OS/c1-2-15-13-7-3-4-8-14(13)16-17-18(26-20(16)24-15)19(23-11-22-17)21-10-12-6-5-9-25-12/h11-12H,2-10H2,1H3,(H,21,22,23). The molecule has 4 heterocycles. The summed E-state index contributed by atoms with van der Waals surface area (Å²) in [5, 5.41) is 4.78. The van der Waals surface area contributed by atoms with Crippen LogP contribution in [0.4, 0.5) is 5.82 Å². The molecule has 3 aromatic rings. The van der Waals surface area contributed by atoms with Crippen molar-refractivity contribution in [3.05, 3.63) is 23.1 Å². The summed E-state index contributed by atoms with van der Waals surface area (Å²) in [4.78, 5) is 15.3. The number of anilines is 1. The zero-order chi connectivity index (χ0) is 17.5. The second-order valence-corrected chi connectivity index (χ2v) is 8.27. The van der Waals surface area contributed by atoms with Crippen LogP contribution in [0.1, 0.15) is 49.4 Å². The van der Waals surface area contributed by atoms with Crippen LogP contribution in [0.15, 0.2) is 6.33 Å². The number of hydrogen-bond donors (Lipinski definition) is 1. The SMILES string of the molecule is CCc1nc2sc3c(NCC4CCCO4)ncnc3c2c2c1CCCC2. The van der Waals surface area contributed by atoms with Gasteiger partial charge in [-0.25, -0.2) is 15.0 Å². The molecular formula is C20H24N4OS. The van der Waals surface area contributed by atoms with E-state index in [0.29, 0.717) is 6.10 Å². The Morgan fingerprint density at radius 3 is 2.88 bits per heavy atom. The zero-order valence-corrected chi connectivity index (χ0v) is 16.0. The molecule has 5 rings (SSSR count). The second kappa shape index (κ2) is 6.74. The summed E-state index contributed by atoms with van der Waals surface area (Å²) in [6.07, 6.45) is 10.1. The van der Waals surface area contributed by atoms with Gasteiger partial charge in [0.1, 0.15) is 17.0 Å². The molecule has 26 heavy (non-hydrogen) atoms. The van der Waals surface area contributed by atoms with Gasteiger partial charge in [0.2, 0.25) is 0 Å². The quantitative estimate of drug-likeness (QED) is 0.745. The summed E-state index contributed by atoms with van der Waals surface area (Å²) in [7, 11) is 0. The van der Waals surface area contributed by atoms with Crippen molar-refractivity contribution in [1.29, 1.82) is 0 Å². The molecule has 0 bridgehead atoms. The summed E-state index contributed by atoms with van der Waals surface area (Å²) in [5.74, 6) is 0.927. The number of ether oxygens (including phenoxy) is 1. The number of fused-ring (bicyclic) bond motifs is 5. The van der Waals surface area contributed by atoms with Crippen molar-refractivity contribution in [3.8, 4) is 0 Å². The molecule has 1 atom stereocenters. The predicted octanol–water partition coefficient (Wildman–Crippen LogP) is 4.27. The van der Waals surface area contributed by atoms with Crippen LogP contribution in [0.25, 0.3) is 20.4 Å². The molecule has 0 saturated carbocycles. The molecule has 2 aliphatic rings. The van der Waals surface area contributed by atoms with Crippen LogP contribution in [-0.4, -0.2) is 34.2 Å². The summed E-state index contributed by atoms with van der Waals surface area (Å²) in [6, 6.07) is 0. The highest BCUT2D eigenvalue weighted by Crippen LogP contribution is 2.40. The molecule has 1 fully saturated rings. The van der Waals surface area contributed by atoms with E-state index in [1.807, 2.05) is 0 Å². The molecule has 1 N–H and O–H groups in total. The van der Waals surface area contributed by atoms with E-state index in [0.717, 1.165) is 66.1 Å². The average Bonchev–Trinajstić information content (AvgIpc) is 3.33. The van der Waals surface area contributed by atoms with Gasteiger partial charge < -0.3 is 10.1 Å². The predicted molar refractivity (Wildman–Crippen MR) is 106 cm³/mol. The number of thiophene rings is 1. The highest BCUT2D eigenvalue weighted by atomic mass is 32.1. The van der Waals surface area contributed by atoms with Crippen molar-refractivity contribution in [2.24, 2.45) is 0 Å². The molecule has 1 unspecified atom stereocenters. The third-order valence-corrected chi connectivity index (χ3v) is 6.74. The summed E-state index contributed by atoms with van der Waals surface area (Å²) in [6.45, 7) is 3.90. The number of pyridine rings is 1. The molecule has 3 aromatic heterocycles. The first-order chi connectivity index (χ1) is 12.8. The number of nitrogens with zero attached hydrogens (tertiary/aromatic N) is 3. The van der Waals surface area contributed by atoms with Crippen LogP contribution in [0, 0.1) is 0 Å². The van der Waals surface area contributed by atoms with E-state index >= 15 is 0 Å². The smallest absolute Gasteiger partial charge is 0.147 e. The fourth-order valence-corrected chi connectivity index (χ4v) is 5.52. The van der Waals surface area contributed by atoms with Gasteiger partial charge in [-0.3, -0.25) is 0 Å². The summed E-state index contributed by atoms with van der Waals surface area (Å²) >= 11 is 1.73. The first-order valence-corrected chi connectivity index (χ1v) is 10.6. The number of nitrogens with one attached hydrogen (secondary N) is 1. The molecule has 1 aliphatic carbocycles. The molecule has 1 aliphatic heterocycles. The van der Waals surface area contributed by atoms with Crippen LogP contribution < -0.4 is 5.32 Å². The van der Waals surface area contributed by atoms with Gasteiger partial charge in [-0.1, -0.05) is 6.92 Å². The van der Waals surface area contributed by atoms with Crippen molar-refractivity contribution in [2.45, 2.75) is 58.0 Å². The maximum absolute atomic E-state index is 5.74. The fraction of sp³-hybridized carbons (Fsp3) is 0.550. The van der Waals surface area contributed by atoms with Crippen LogP contribution in [0.5, 0.6) is 0 Å². The van der Waals surface area contributed by atoms with E-state index < -0.39 is 0 Å². The van der Waals surface area contributed by atoms with Crippen LogP contribution in [0.3, 0.4) is 0 Å². The van der Waals surface area contributed by atoms with Gasteiger partial charge in [0.15, 0.2) is 0 Å². The van der Waals surface area contributed by atoms with E-state index in [-0.39, 0.29) is 0 Å². The van der Waals surface area contributed by atoms with Crippen molar-refractivity contribution in [3.63, 3.8) is 0 Å². The van der Waals surface area contributed by atoms with E-state index in [1.54, 1.807) is 17.7 Å². The first kappa shape index (κ1) is 16.4. The molecule has 0 radical (unpaired) electrons. The third kappa shape index (κ3) is 2.67. The Labute approximate surface area is 157 Å². The second-order valence-electron chi connectivity index (χ2n) is 7.27. The van der Waals surface area contributed by atoms with Crippen molar-refractivity contribution in [2.75, 3.05) is 18.5 Å². The lowest BCUT2D eigenvalue weighted by molar-refractivity contribution is 0.120. The minimum absolute atomic E-state index is 0.298. The van der Waals surface area contributed by atoms with Gasteiger partial charge in [0, 0.05) is 24.2 Å². The highest BCUT2D eigenvalue weighted by molar-refractivity contribution is 7.26. The summed E-state index contributed by atoms with van der Waals surface area (Å²) < 4.78 is 6.87. The normalized spacial score (nSPS) is 20.0. The lowest BCUT2D eigenvalue weighted by Crippen LogP contribution is -2.18. The van der Waals surface area contributed by atoms with Gasteiger partial charge >= 0.3 is 0 Å². The average molecular weight is 369 g/mol. The fourth-order valence-electron chi connectivity index (χ4n) is 4.37. The van der Waals surface area contributed by atoms with Gasteiger partial charge in [0.25, 0.3) is 0 Å². The maximum Gasteiger partial charge on any atom is 0.147 e. The molecule has 1 saturated heterocycles. The highest BCUT2D eigenvalue weighted by Gasteiger charge is 2.23. The van der Waals surface area contributed by atoms with E-state index in [2.05, 4.69) is 22.2 Å². The van der Waals surface area contributed by atoms with Crippen molar-refractivity contribution < 1.29 is 4.74 Å². The lowest BCUT2D eigenvalue weighted by Gasteiger charge is -2.19. The van der Waals surface area contributed by atoms with Crippen LogP contribution >= 0.6 is 11.3 Å². The molecule has 6 heteroatoms. The largest absolute Gasteiger partial charge is 0.376 e. The van der Waals surface area contributed by atoms with Gasteiger partial charge in [-0.05, 0) is 56.1 Å². The molecule has 0 amide bonds. The van der Waals surface area contributed by atoms with E-state index in [9.17, 15) is 0 Å². The molecule has 136 valence electrons. The number of rotatable bonds is 4. The van der Waals surface area contributed by atoms with Crippen molar-refractivity contribution >= 4 is 37.6 Å². The van der Waals surface area contributed by atoms with Crippen LogP contribution in [0.2, 0.25) is 0 Å². The number of aryl methyl sites for hydroxylation is 2. The van der Waals surface area contributed by atoms with E-state index in [1.165, 1.54) is 35.0 Å². The Morgan fingerprint density at radius 2 is 2.08 bits per heavy atom. The Hall–Kier alpha value is -1.79. The third-order valence-electron chi connectivity index (χ3n) is 5.66. The molecular weight excluding hydrogens is 344 g/mol. The summed E-state index contributed by atoms with van der Waals surface area (Å²) in [5.41, 5.74) is 5.33. The maximum atomic E-state index is 5.74. The molecule has 0 aromatic carbocycles. The van der Waals surface area contributed by atoms with Gasteiger partial charge in [0.05, 0.1) is 16.3 Å². The van der Waals surface area contributed by atoms with Crippen molar-refractivity contribution in [1.82, 2.24) is 15.0 Å². The zero-order valence-electron chi connectivity index (χ0n) is 15.2. The Balaban J connectivity index is 1.63. The minimum Gasteiger partial charge on any atom is -0.376 e. The Morgan fingerprint density at radius 1 is 1.19 bits per heavy atom. The Bertz CT molecular complexity index is 961. The molecule has 0 spiro atoms. The number of aromatic nitrogens is 3. The number of hydrogen-bond acceptors (Lipinski definition) is 6. The molecule has 5 nitrogen and oxygen atoms in total. The minimum atomic E-state index is 0.298. The lowest BCUT2D eigenvalue weighted by atomic mass is 9.88. The van der Waals surface area contributed by atoms with Gasteiger partial charge in [-0.15, -0.1) is 11.3 Å². The van der Waals surface area contributed by atoms with Crippen LogP contribution in [-0.2, 0) is 24.0 Å². The topological polar surface area (TPSA) is 59.9 Å². The monoisotopic (exact) mass is 368 g/mol. The Kier molecular flexibility index (Phi) is 4.25. The first-order valence-electron chi connectivity index (χ1n) is 9.78.